The summed E-state index contributed by atoms with van der Waals surface area (Å²) in [6.07, 6.45) is 0. The molecular weight excluding hydrogens is 480 g/mol. The first-order valence-electron chi connectivity index (χ1n) is 13.1. The molecule has 0 radical (unpaired) electrons. The molecule has 0 saturated heterocycles. The van der Waals surface area contributed by atoms with Gasteiger partial charge in [0.05, 0.1) is 16.9 Å². The molecule has 0 spiro atoms. The second kappa shape index (κ2) is 18.0. The molecule has 202 valence electrons. The largest absolute Gasteiger partial charge is 0.496 e. The molecule has 0 bridgehead atoms. The molecule has 0 heterocycles. The Morgan fingerprint density at radius 3 is 1.41 bits per heavy atom. The number of fused-ring (bicyclic) bond motifs is 1. The minimum atomic E-state index is -3.56. The first-order chi connectivity index (χ1) is 18.0. The van der Waals surface area contributed by atoms with Gasteiger partial charge in [-0.05, 0) is 55.5 Å². The summed E-state index contributed by atoms with van der Waals surface area (Å²) < 4.78 is 37.1. The standard InChI is InChI=1S/C24H20O4S.4C2H6/c1-17-7-11-19(12-8-17)29(25,26)20-13-9-18(10-14-20)28-24-16-15-23(27-2)21-5-3-4-6-22(21)24;4*1-2/h3-16H,1-2H3;4*1-2H3. The highest BCUT2D eigenvalue weighted by atomic mass is 32.2. The summed E-state index contributed by atoms with van der Waals surface area (Å²) in [6, 6.07) is 24.8. The van der Waals surface area contributed by atoms with E-state index in [4.69, 9.17) is 9.47 Å². The first-order valence-corrected chi connectivity index (χ1v) is 14.6. The van der Waals surface area contributed by atoms with Crippen molar-refractivity contribution in [2.75, 3.05) is 7.11 Å². The third kappa shape index (κ3) is 8.94. The van der Waals surface area contributed by atoms with Gasteiger partial charge in [-0.2, -0.15) is 0 Å². The number of hydrogen-bond donors (Lipinski definition) is 0. The van der Waals surface area contributed by atoms with Crippen LogP contribution in [0.3, 0.4) is 0 Å². The van der Waals surface area contributed by atoms with Crippen LogP contribution in [0.15, 0.2) is 94.7 Å². The quantitative estimate of drug-likeness (QED) is 0.261. The third-order valence-corrected chi connectivity index (χ3v) is 6.54. The van der Waals surface area contributed by atoms with Crippen molar-refractivity contribution in [1.82, 2.24) is 0 Å². The molecule has 4 nitrogen and oxygen atoms in total. The third-order valence-electron chi connectivity index (χ3n) is 4.76. The first kappa shape index (κ1) is 33.7. The smallest absolute Gasteiger partial charge is 0.206 e. The second-order valence-electron chi connectivity index (χ2n) is 6.70. The predicted molar refractivity (Wildman–Crippen MR) is 159 cm³/mol. The van der Waals surface area contributed by atoms with E-state index in [2.05, 4.69) is 0 Å². The van der Waals surface area contributed by atoms with Crippen molar-refractivity contribution in [3.8, 4) is 17.2 Å². The monoisotopic (exact) mass is 524 g/mol. The van der Waals surface area contributed by atoms with Crippen LogP contribution in [0.1, 0.15) is 61.0 Å². The van der Waals surface area contributed by atoms with Crippen molar-refractivity contribution in [3.05, 3.63) is 90.5 Å². The van der Waals surface area contributed by atoms with E-state index in [1.807, 2.05) is 98.7 Å². The number of aryl methyl sites for hydroxylation is 1. The van der Waals surface area contributed by atoms with Crippen molar-refractivity contribution < 1.29 is 17.9 Å². The lowest BCUT2D eigenvalue weighted by Crippen LogP contribution is -2.01. The molecule has 0 N–H and O–H groups in total. The lowest BCUT2D eigenvalue weighted by molar-refractivity contribution is 0.418. The van der Waals surface area contributed by atoms with Crippen LogP contribution < -0.4 is 9.47 Å². The van der Waals surface area contributed by atoms with Gasteiger partial charge in [0.25, 0.3) is 0 Å². The van der Waals surface area contributed by atoms with Crippen LogP contribution in [0.4, 0.5) is 0 Å². The molecule has 0 fully saturated rings. The van der Waals surface area contributed by atoms with Gasteiger partial charge >= 0.3 is 0 Å². The van der Waals surface area contributed by atoms with Crippen LogP contribution in [0.2, 0.25) is 0 Å². The number of rotatable bonds is 5. The van der Waals surface area contributed by atoms with Gasteiger partial charge in [0.2, 0.25) is 9.84 Å². The van der Waals surface area contributed by atoms with E-state index in [0.717, 1.165) is 22.1 Å². The lowest BCUT2D eigenvalue weighted by Gasteiger charge is -2.12. The van der Waals surface area contributed by atoms with E-state index in [9.17, 15) is 8.42 Å². The van der Waals surface area contributed by atoms with E-state index in [-0.39, 0.29) is 9.79 Å². The van der Waals surface area contributed by atoms with Crippen molar-refractivity contribution in [2.45, 2.75) is 72.1 Å². The molecule has 0 atom stereocenters. The van der Waals surface area contributed by atoms with Crippen molar-refractivity contribution in [3.63, 3.8) is 0 Å². The van der Waals surface area contributed by atoms with Gasteiger partial charge in [-0.1, -0.05) is 97.4 Å². The number of sulfone groups is 1. The van der Waals surface area contributed by atoms with Crippen LogP contribution in [-0.2, 0) is 9.84 Å². The number of ether oxygens (including phenoxy) is 2. The van der Waals surface area contributed by atoms with Crippen LogP contribution in [-0.4, -0.2) is 15.5 Å². The number of methoxy groups -OCH3 is 1. The Bertz CT molecular complexity index is 1260. The van der Waals surface area contributed by atoms with Gasteiger partial charge in [0.15, 0.2) is 0 Å². The zero-order valence-corrected chi connectivity index (χ0v) is 24.9. The Kier molecular flexibility index (Phi) is 16.4. The fraction of sp³-hybridized carbons (Fsp3) is 0.312. The normalized spacial score (nSPS) is 9.57. The molecule has 4 aromatic carbocycles. The van der Waals surface area contributed by atoms with E-state index in [0.29, 0.717) is 11.5 Å². The Labute approximate surface area is 225 Å². The van der Waals surface area contributed by atoms with Gasteiger partial charge in [-0.15, -0.1) is 0 Å². The predicted octanol–water partition coefficient (Wildman–Crippen LogP) is 9.89. The molecule has 0 unspecified atom stereocenters. The maximum Gasteiger partial charge on any atom is 0.206 e. The Morgan fingerprint density at radius 1 is 0.541 bits per heavy atom. The van der Waals surface area contributed by atoms with Gasteiger partial charge in [0.1, 0.15) is 17.2 Å². The van der Waals surface area contributed by atoms with E-state index < -0.39 is 9.84 Å². The van der Waals surface area contributed by atoms with Gasteiger partial charge in [0, 0.05) is 10.8 Å². The number of hydrogen-bond acceptors (Lipinski definition) is 4. The average molecular weight is 525 g/mol. The molecule has 37 heavy (non-hydrogen) atoms. The van der Waals surface area contributed by atoms with Crippen LogP contribution in [0, 0.1) is 6.92 Å². The summed E-state index contributed by atoms with van der Waals surface area (Å²) in [5, 5.41) is 1.87. The second-order valence-corrected chi connectivity index (χ2v) is 8.65. The highest BCUT2D eigenvalue weighted by Gasteiger charge is 2.17. The molecule has 4 aromatic rings. The Hall–Kier alpha value is -3.31. The summed E-state index contributed by atoms with van der Waals surface area (Å²) in [7, 11) is -1.93. The molecule has 0 aromatic heterocycles. The Balaban J connectivity index is 0.00000148. The maximum atomic E-state index is 12.8. The average Bonchev–Trinajstić information content (AvgIpc) is 2.98. The zero-order valence-electron chi connectivity index (χ0n) is 24.1. The zero-order chi connectivity index (χ0) is 28.4. The molecule has 0 aliphatic heterocycles. The summed E-state index contributed by atoms with van der Waals surface area (Å²) in [5.74, 6) is 2.01. The van der Waals surface area contributed by atoms with Gasteiger partial charge in [-0.3, -0.25) is 0 Å². The highest BCUT2D eigenvalue weighted by Crippen LogP contribution is 2.35. The summed E-state index contributed by atoms with van der Waals surface area (Å²) in [6.45, 7) is 17.9. The Morgan fingerprint density at radius 2 is 0.946 bits per heavy atom. The molecule has 0 aliphatic rings. The van der Waals surface area contributed by atoms with Crippen molar-refractivity contribution in [1.29, 1.82) is 0 Å². The summed E-state index contributed by atoms with van der Waals surface area (Å²) in [4.78, 5) is 0.506. The molecule has 5 heteroatoms. The van der Waals surface area contributed by atoms with Crippen LogP contribution in [0.25, 0.3) is 10.8 Å². The van der Waals surface area contributed by atoms with Gasteiger partial charge in [-0.25, -0.2) is 8.42 Å². The molecule has 0 saturated carbocycles. The van der Waals surface area contributed by atoms with E-state index in [1.165, 1.54) is 0 Å². The van der Waals surface area contributed by atoms with Crippen LogP contribution >= 0.6 is 0 Å². The summed E-state index contributed by atoms with van der Waals surface area (Å²) >= 11 is 0. The van der Waals surface area contributed by atoms with Gasteiger partial charge < -0.3 is 9.47 Å². The molecule has 0 amide bonds. The van der Waals surface area contributed by atoms with E-state index in [1.54, 1.807) is 55.6 Å². The molecular formula is C32H44O4S. The SMILES string of the molecule is CC.CC.CC.CC.COc1ccc(Oc2ccc(S(=O)(=O)c3ccc(C)cc3)cc2)c2ccccc12. The molecule has 0 aliphatic carbocycles. The van der Waals surface area contributed by atoms with Crippen LogP contribution in [0.5, 0.6) is 17.2 Å². The van der Waals surface area contributed by atoms with Crippen molar-refractivity contribution >= 4 is 20.6 Å². The highest BCUT2D eigenvalue weighted by molar-refractivity contribution is 7.91. The minimum absolute atomic E-state index is 0.230. The van der Waals surface area contributed by atoms with E-state index >= 15 is 0 Å². The summed E-state index contributed by atoms with van der Waals surface area (Å²) in [5.41, 5.74) is 1.01. The number of benzene rings is 4. The molecule has 4 rings (SSSR count). The lowest BCUT2D eigenvalue weighted by atomic mass is 10.1. The maximum absolute atomic E-state index is 12.8. The minimum Gasteiger partial charge on any atom is -0.496 e. The topological polar surface area (TPSA) is 52.6 Å². The van der Waals surface area contributed by atoms with Crippen molar-refractivity contribution in [2.24, 2.45) is 0 Å². The fourth-order valence-electron chi connectivity index (χ4n) is 3.18. The fourth-order valence-corrected chi connectivity index (χ4v) is 4.44.